The molecule has 6 rings (SSSR count). The maximum absolute atomic E-state index is 13.1. The molecule has 0 aromatic carbocycles. The Bertz CT molecular complexity index is 800. The van der Waals surface area contributed by atoms with Gasteiger partial charge in [0.05, 0.1) is 17.8 Å². The average molecular weight is 419 g/mol. The summed E-state index contributed by atoms with van der Waals surface area (Å²) in [7, 11) is 0. The molecule has 5 aliphatic rings. The zero-order valence-electron chi connectivity index (χ0n) is 17.1. The van der Waals surface area contributed by atoms with Crippen molar-refractivity contribution in [2.75, 3.05) is 0 Å². The minimum absolute atomic E-state index is 0.0485. The highest BCUT2D eigenvalue weighted by Gasteiger charge is 2.56. The molecule has 0 aliphatic heterocycles. The van der Waals surface area contributed by atoms with Gasteiger partial charge in [-0.2, -0.15) is 5.10 Å². The fourth-order valence-corrected chi connectivity index (χ4v) is 7.41. The van der Waals surface area contributed by atoms with E-state index in [9.17, 15) is 9.59 Å². The fourth-order valence-electron chi connectivity index (χ4n) is 7.10. The lowest BCUT2D eigenvalue weighted by molar-refractivity contribution is -0.125. The summed E-state index contributed by atoms with van der Waals surface area (Å²) in [6, 6.07) is 0.492. The average Bonchev–Trinajstić information content (AvgIpc) is 3.05. The third-order valence-electron chi connectivity index (χ3n) is 7.91. The van der Waals surface area contributed by atoms with Crippen LogP contribution in [0.4, 0.5) is 0 Å². The third-order valence-corrected chi connectivity index (χ3v) is 8.29. The number of aromatic nitrogens is 2. The standard InChI is InChI=1S/C22H31ClN4O2/c1-13(28)26-22-9-14-7-15(10-22)19(16(8-14)11-22)25-21(29)18-12-24-27(20(18)23)17-5-3-2-4-6-17/h12,14-17,19H,2-11H2,1H3,(H,25,29)(H,26,28)/t14?,15?,16?,19-,22-. The van der Waals surface area contributed by atoms with Gasteiger partial charge < -0.3 is 10.6 Å². The van der Waals surface area contributed by atoms with Crippen LogP contribution in [0.25, 0.3) is 0 Å². The lowest BCUT2D eigenvalue weighted by Crippen LogP contribution is -2.66. The molecule has 2 atom stereocenters. The Morgan fingerprint density at radius 3 is 2.48 bits per heavy atom. The summed E-state index contributed by atoms with van der Waals surface area (Å²) < 4.78 is 1.86. The van der Waals surface area contributed by atoms with E-state index in [0.717, 1.165) is 44.9 Å². The van der Waals surface area contributed by atoms with Crippen LogP contribution in [0.2, 0.25) is 5.15 Å². The summed E-state index contributed by atoms with van der Waals surface area (Å²) >= 11 is 6.59. The Kier molecular flexibility index (Phi) is 4.88. The normalized spacial score (nSPS) is 36.2. The second kappa shape index (κ2) is 7.29. The first kappa shape index (κ1) is 19.4. The quantitative estimate of drug-likeness (QED) is 0.779. The molecule has 29 heavy (non-hydrogen) atoms. The van der Waals surface area contributed by atoms with Gasteiger partial charge in [0.15, 0.2) is 0 Å². The number of carbonyl (C=O) groups is 2. The molecule has 2 N–H and O–H groups in total. The van der Waals surface area contributed by atoms with Gasteiger partial charge in [0.1, 0.15) is 5.15 Å². The number of rotatable bonds is 4. The monoisotopic (exact) mass is 418 g/mol. The SMILES string of the molecule is CC(=O)N[C@]12CC3CC(C1)[C@@H](NC(=O)c1cnn(C4CCCCC4)c1Cl)C(C3)C2. The van der Waals surface area contributed by atoms with Gasteiger partial charge in [0.25, 0.3) is 5.91 Å². The van der Waals surface area contributed by atoms with Crippen LogP contribution in [0.15, 0.2) is 6.20 Å². The van der Waals surface area contributed by atoms with E-state index < -0.39 is 0 Å². The van der Waals surface area contributed by atoms with Crippen LogP contribution in [0.3, 0.4) is 0 Å². The molecule has 1 aromatic heterocycles. The van der Waals surface area contributed by atoms with E-state index in [4.69, 9.17) is 11.6 Å². The Morgan fingerprint density at radius 2 is 1.83 bits per heavy atom. The van der Waals surface area contributed by atoms with Crippen molar-refractivity contribution in [1.82, 2.24) is 20.4 Å². The van der Waals surface area contributed by atoms with Crippen molar-refractivity contribution >= 4 is 23.4 Å². The van der Waals surface area contributed by atoms with Crippen LogP contribution in [0, 0.1) is 17.8 Å². The Labute approximate surface area is 177 Å². The number of hydrogen-bond acceptors (Lipinski definition) is 3. The van der Waals surface area contributed by atoms with Crippen LogP contribution < -0.4 is 10.6 Å². The molecule has 4 bridgehead atoms. The van der Waals surface area contributed by atoms with Crippen LogP contribution in [0.1, 0.15) is 87.5 Å². The third kappa shape index (κ3) is 3.47. The molecular weight excluding hydrogens is 388 g/mol. The van der Waals surface area contributed by atoms with Crippen LogP contribution in [0.5, 0.6) is 0 Å². The highest BCUT2D eigenvalue weighted by Crippen LogP contribution is 2.55. The van der Waals surface area contributed by atoms with E-state index in [-0.39, 0.29) is 23.4 Å². The molecule has 7 heteroatoms. The van der Waals surface area contributed by atoms with Crippen molar-refractivity contribution in [3.05, 3.63) is 16.9 Å². The Morgan fingerprint density at radius 1 is 1.14 bits per heavy atom. The number of nitrogens with zero attached hydrogens (tertiary/aromatic N) is 2. The number of amides is 2. The minimum atomic E-state index is -0.0943. The maximum atomic E-state index is 13.1. The summed E-state index contributed by atoms with van der Waals surface area (Å²) in [5.74, 6) is 1.51. The molecule has 2 unspecified atom stereocenters. The zero-order chi connectivity index (χ0) is 20.2. The van der Waals surface area contributed by atoms with E-state index in [1.165, 1.54) is 19.3 Å². The van der Waals surface area contributed by atoms with Gasteiger partial charge in [-0.15, -0.1) is 0 Å². The predicted molar refractivity (Wildman–Crippen MR) is 111 cm³/mol. The summed E-state index contributed by atoms with van der Waals surface area (Å²) in [6.07, 6.45) is 12.8. The Hall–Kier alpha value is -1.56. The summed E-state index contributed by atoms with van der Waals surface area (Å²) in [5, 5.41) is 11.5. The van der Waals surface area contributed by atoms with Gasteiger partial charge in [-0.25, -0.2) is 0 Å². The Balaban J connectivity index is 1.30. The van der Waals surface area contributed by atoms with Gasteiger partial charge in [0, 0.05) is 18.5 Å². The second-order valence-electron chi connectivity index (χ2n) is 10.0. The van der Waals surface area contributed by atoms with Crippen molar-refractivity contribution in [2.45, 2.75) is 88.8 Å². The van der Waals surface area contributed by atoms with Gasteiger partial charge in [-0.1, -0.05) is 30.9 Å². The summed E-state index contributed by atoms with van der Waals surface area (Å²) in [5.41, 5.74) is 0.454. The molecule has 1 aromatic rings. The van der Waals surface area contributed by atoms with E-state index in [1.807, 2.05) is 4.68 Å². The molecule has 158 valence electrons. The molecule has 5 aliphatic carbocycles. The van der Waals surface area contributed by atoms with Crippen molar-refractivity contribution in [1.29, 1.82) is 0 Å². The molecule has 0 spiro atoms. The minimum Gasteiger partial charge on any atom is -0.351 e. The fraction of sp³-hybridized carbons (Fsp3) is 0.773. The van der Waals surface area contributed by atoms with E-state index in [0.29, 0.717) is 34.5 Å². The summed E-state index contributed by atoms with van der Waals surface area (Å²) in [4.78, 5) is 24.8. The molecule has 5 saturated carbocycles. The topological polar surface area (TPSA) is 76.0 Å². The largest absolute Gasteiger partial charge is 0.351 e. The van der Waals surface area contributed by atoms with Crippen LogP contribution in [-0.2, 0) is 4.79 Å². The molecular formula is C22H31ClN4O2. The molecule has 0 radical (unpaired) electrons. The molecule has 5 fully saturated rings. The van der Waals surface area contributed by atoms with Crippen LogP contribution >= 0.6 is 11.6 Å². The number of nitrogens with one attached hydrogen (secondary N) is 2. The maximum Gasteiger partial charge on any atom is 0.256 e. The lowest BCUT2D eigenvalue weighted by atomic mass is 9.51. The first-order valence-electron chi connectivity index (χ1n) is 11.3. The smallest absolute Gasteiger partial charge is 0.256 e. The number of carbonyl (C=O) groups excluding carboxylic acids is 2. The van der Waals surface area contributed by atoms with Crippen molar-refractivity contribution in [2.24, 2.45) is 17.8 Å². The molecule has 2 amide bonds. The van der Waals surface area contributed by atoms with Gasteiger partial charge in [0.2, 0.25) is 5.91 Å². The van der Waals surface area contributed by atoms with Crippen LogP contribution in [-0.4, -0.2) is 33.2 Å². The van der Waals surface area contributed by atoms with Crippen molar-refractivity contribution in [3.8, 4) is 0 Å². The lowest BCUT2D eigenvalue weighted by Gasteiger charge is -2.60. The van der Waals surface area contributed by atoms with E-state index in [2.05, 4.69) is 15.7 Å². The number of halogens is 1. The second-order valence-corrected chi connectivity index (χ2v) is 10.4. The highest BCUT2D eigenvalue weighted by molar-refractivity contribution is 6.32. The van der Waals surface area contributed by atoms with Gasteiger partial charge in [-0.05, 0) is 62.7 Å². The molecule has 1 heterocycles. The van der Waals surface area contributed by atoms with Crippen molar-refractivity contribution < 1.29 is 9.59 Å². The van der Waals surface area contributed by atoms with E-state index in [1.54, 1.807) is 13.1 Å². The first-order valence-corrected chi connectivity index (χ1v) is 11.6. The first-order chi connectivity index (χ1) is 13.9. The molecule has 6 nitrogen and oxygen atoms in total. The highest BCUT2D eigenvalue weighted by atomic mass is 35.5. The molecule has 0 saturated heterocycles. The predicted octanol–water partition coefficient (Wildman–Crippen LogP) is 3.85. The van der Waals surface area contributed by atoms with Gasteiger partial charge >= 0.3 is 0 Å². The summed E-state index contributed by atoms with van der Waals surface area (Å²) in [6.45, 7) is 1.61. The zero-order valence-corrected chi connectivity index (χ0v) is 17.9. The number of hydrogen-bond donors (Lipinski definition) is 2. The van der Waals surface area contributed by atoms with Crippen molar-refractivity contribution in [3.63, 3.8) is 0 Å². The van der Waals surface area contributed by atoms with Gasteiger partial charge in [-0.3, -0.25) is 14.3 Å². The van der Waals surface area contributed by atoms with E-state index >= 15 is 0 Å².